The first-order valence-corrected chi connectivity index (χ1v) is 7.90. The summed E-state index contributed by atoms with van der Waals surface area (Å²) >= 11 is 0. The number of carbonyl (C=O) groups excluding carboxylic acids is 1. The summed E-state index contributed by atoms with van der Waals surface area (Å²) in [5, 5.41) is 0. The van der Waals surface area contributed by atoms with Crippen molar-refractivity contribution in [3.63, 3.8) is 0 Å². The van der Waals surface area contributed by atoms with Crippen LogP contribution in [0.3, 0.4) is 0 Å². The first-order valence-electron chi connectivity index (χ1n) is 6.18. The predicted octanol–water partition coefficient (Wildman–Crippen LogP) is 3.26. The average molecular weight is 274 g/mol. The zero-order valence-electron chi connectivity index (χ0n) is 11.7. The summed E-state index contributed by atoms with van der Waals surface area (Å²) in [6.45, 7) is 3.90. The molecule has 0 spiro atoms. The van der Waals surface area contributed by atoms with Crippen LogP contribution in [-0.4, -0.2) is 26.2 Å². The van der Waals surface area contributed by atoms with Crippen molar-refractivity contribution in [2.24, 2.45) is 5.92 Å². The Balaban J connectivity index is 4.17. The van der Waals surface area contributed by atoms with Gasteiger partial charge in [0, 0.05) is 33.0 Å². The Labute approximate surface area is 110 Å². The van der Waals surface area contributed by atoms with E-state index in [9.17, 15) is 9.36 Å². The summed E-state index contributed by atoms with van der Waals surface area (Å²) in [5.74, 6) is 5.64. The molecule has 0 heterocycles. The maximum Gasteiger partial charge on any atom is 0.337 e. The summed E-state index contributed by atoms with van der Waals surface area (Å²) in [6, 6.07) is 0. The van der Waals surface area contributed by atoms with Gasteiger partial charge in [-0.3, -0.25) is 9.36 Å². The lowest BCUT2D eigenvalue weighted by molar-refractivity contribution is -0.120. The smallest absolute Gasteiger partial charge is 0.312 e. The fraction of sp³-hybridized carbons (Fsp3) is 0.769. The van der Waals surface area contributed by atoms with Crippen LogP contribution in [0.1, 0.15) is 39.5 Å². The summed E-state index contributed by atoms with van der Waals surface area (Å²) in [6.07, 6.45) is 3.38. The Morgan fingerprint density at radius 2 is 1.89 bits per heavy atom. The monoisotopic (exact) mass is 274 g/mol. The molecule has 0 fully saturated rings. The normalized spacial score (nSPS) is 12.7. The molecule has 0 aliphatic rings. The van der Waals surface area contributed by atoms with Gasteiger partial charge in [-0.1, -0.05) is 20.3 Å². The van der Waals surface area contributed by atoms with Crippen LogP contribution >= 0.6 is 7.60 Å². The predicted molar refractivity (Wildman–Crippen MR) is 72.6 cm³/mol. The van der Waals surface area contributed by atoms with Gasteiger partial charge in [0.2, 0.25) is 0 Å². The Morgan fingerprint density at radius 3 is 2.39 bits per heavy atom. The van der Waals surface area contributed by atoms with E-state index in [1.165, 1.54) is 14.2 Å². The van der Waals surface area contributed by atoms with Gasteiger partial charge in [-0.2, -0.15) is 0 Å². The molecule has 0 saturated heterocycles. The fourth-order valence-corrected chi connectivity index (χ4v) is 2.34. The van der Waals surface area contributed by atoms with E-state index in [-0.39, 0.29) is 17.9 Å². The molecule has 0 aliphatic carbocycles. The molecule has 0 radical (unpaired) electrons. The Morgan fingerprint density at radius 1 is 1.28 bits per heavy atom. The first-order chi connectivity index (χ1) is 8.49. The molecule has 1 atom stereocenters. The van der Waals surface area contributed by atoms with Crippen LogP contribution in [0.25, 0.3) is 0 Å². The molecular formula is C13H23O4P. The van der Waals surface area contributed by atoms with Crippen LogP contribution in [0.2, 0.25) is 0 Å². The number of hydrogen-bond acceptors (Lipinski definition) is 4. The van der Waals surface area contributed by atoms with Gasteiger partial charge < -0.3 is 9.05 Å². The molecule has 18 heavy (non-hydrogen) atoms. The molecule has 0 aliphatic heterocycles. The molecule has 104 valence electrons. The lowest BCUT2D eigenvalue weighted by Crippen LogP contribution is -2.16. The summed E-state index contributed by atoms with van der Waals surface area (Å²) in [5.41, 5.74) is 0. The SMILES string of the molecule is CCCCC#CCC(C)C(=O)CP(=O)(OC)OC. The van der Waals surface area contributed by atoms with Gasteiger partial charge in [0.05, 0.1) is 0 Å². The van der Waals surface area contributed by atoms with Crippen LogP contribution in [0.4, 0.5) is 0 Å². The average Bonchev–Trinajstić information content (AvgIpc) is 2.38. The molecule has 1 unspecified atom stereocenters. The third-order valence-corrected chi connectivity index (χ3v) is 4.46. The van der Waals surface area contributed by atoms with Gasteiger partial charge in [-0.25, -0.2) is 0 Å². The molecule has 0 aromatic heterocycles. The zero-order chi connectivity index (χ0) is 14.0. The van der Waals surface area contributed by atoms with Crippen LogP contribution in [0, 0.1) is 17.8 Å². The topological polar surface area (TPSA) is 52.6 Å². The van der Waals surface area contributed by atoms with E-state index >= 15 is 0 Å². The molecule has 0 rings (SSSR count). The molecule has 0 N–H and O–H groups in total. The zero-order valence-corrected chi connectivity index (χ0v) is 12.6. The van der Waals surface area contributed by atoms with Crippen molar-refractivity contribution in [3.8, 4) is 11.8 Å². The third-order valence-electron chi connectivity index (χ3n) is 2.64. The quantitative estimate of drug-likeness (QED) is 0.387. The maximum absolute atomic E-state index is 11.8. The molecule has 0 aromatic rings. The Hall–Kier alpha value is -0.620. The lowest BCUT2D eigenvalue weighted by Gasteiger charge is -2.14. The van der Waals surface area contributed by atoms with E-state index in [2.05, 4.69) is 18.8 Å². The van der Waals surface area contributed by atoms with Gasteiger partial charge in [0.1, 0.15) is 11.9 Å². The van der Waals surface area contributed by atoms with Crippen LogP contribution in [0.5, 0.6) is 0 Å². The van der Waals surface area contributed by atoms with Crippen molar-refractivity contribution in [3.05, 3.63) is 0 Å². The van der Waals surface area contributed by atoms with Crippen molar-refractivity contribution < 1.29 is 18.4 Å². The molecule has 0 amide bonds. The van der Waals surface area contributed by atoms with E-state index in [1.807, 2.05) is 0 Å². The third kappa shape index (κ3) is 6.96. The van der Waals surface area contributed by atoms with E-state index in [1.54, 1.807) is 6.92 Å². The van der Waals surface area contributed by atoms with Gasteiger partial charge >= 0.3 is 7.60 Å². The highest BCUT2D eigenvalue weighted by Crippen LogP contribution is 2.46. The summed E-state index contributed by atoms with van der Waals surface area (Å²) in [7, 11) is -0.670. The minimum atomic E-state index is -3.24. The van der Waals surface area contributed by atoms with Crippen molar-refractivity contribution in [2.45, 2.75) is 39.5 Å². The second-order valence-corrected chi connectivity index (χ2v) is 6.43. The largest absolute Gasteiger partial charge is 0.337 e. The van der Waals surface area contributed by atoms with Gasteiger partial charge in [-0.05, 0) is 6.42 Å². The van der Waals surface area contributed by atoms with E-state index in [0.717, 1.165) is 19.3 Å². The number of ketones is 1. The number of hydrogen-bond donors (Lipinski definition) is 0. The molecule has 0 saturated carbocycles. The Bertz CT molecular complexity index is 346. The van der Waals surface area contributed by atoms with Crippen molar-refractivity contribution >= 4 is 13.4 Å². The van der Waals surface area contributed by atoms with Crippen molar-refractivity contribution in [1.82, 2.24) is 0 Å². The van der Waals surface area contributed by atoms with Crippen LogP contribution in [0.15, 0.2) is 0 Å². The number of unbranched alkanes of at least 4 members (excludes halogenated alkanes) is 2. The van der Waals surface area contributed by atoms with Crippen LogP contribution < -0.4 is 0 Å². The fourth-order valence-electron chi connectivity index (χ4n) is 1.24. The molecule has 4 nitrogen and oxygen atoms in total. The molecule has 0 aromatic carbocycles. The van der Waals surface area contributed by atoms with Gasteiger partial charge in [0.25, 0.3) is 0 Å². The highest BCUT2D eigenvalue weighted by molar-refractivity contribution is 7.54. The van der Waals surface area contributed by atoms with E-state index in [0.29, 0.717) is 6.42 Å². The number of Topliss-reactive ketones (excluding diaryl/α,β-unsaturated/α-hetero) is 1. The van der Waals surface area contributed by atoms with Crippen molar-refractivity contribution in [1.29, 1.82) is 0 Å². The summed E-state index contributed by atoms with van der Waals surface area (Å²) < 4.78 is 21.3. The summed E-state index contributed by atoms with van der Waals surface area (Å²) in [4.78, 5) is 11.8. The minimum Gasteiger partial charge on any atom is -0.312 e. The maximum atomic E-state index is 11.8. The second-order valence-electron chi connectivity index (χ2n) is 4.16. The van der Waals surface area contributed by atoms with Gasteiger partial charge in [-0.15, -0.1) is 11.8 Å². The minimum absolute atomic E-state index is 0.133. The lowest BCUT2D eigenvalue weighted by atomic mass is 10.0. The van der Waals surface area contributed by atoms with Crippen molar-refractivity contribution in [2.75, 3.05) is 20.4 Å². The van der Waals surface area contributed by atoms with E-state index in [4.69, 9.17) is 9.05 Å². The second kappa shape index (κ2) is 9.33. The van der Waals surface area contributed by atoms with Crippen LogP contribution in [-0.2, 0) is 18.4 Å². The Kier molecular flexibility index (Phi) is 9.01. The highest BCUT2D eigenvalue weighted by atomic mass is 31.2. The number of rotatable bonds is 8. The standard InChI is InChI=1S/C13H23O4P/c1-5-6-7-8-9-10-12(2)13(14)11-18(15,16-3)17-4/h12H,5-7,10-11H2,1-4H3. The molecule has 0 bridgehead atoms. The highest BCUT2D eigenvalue weighted by Gasteiger charge is 2.27. The molecule has 5 heteroatoms. The van der Waals surface area contributed by atoms with E-state index < -0.39 is 7.60 Å². The molecular weight excluding hydrogens is 251 g/mol. The first kappa shape index (κ1) is 17.4. The van der Waals surface area contributed by atoms with Gasteiger partial charge in [0.15, 0.2) is 0 Å². The number of carbonyl (C=O) groups is 1.